The van der Waals surface area contributed by atoms with Crippen LogP contribution in [0.5, 0.6) is 11.5 Å². The van der Waals surface area contributed by atoms with Gasteiger partial charge in [0.25, 0.3) is 0 Å². The summed E-state index contributed by atoms with van der Waals surface area (Å²) in [4.78, 5) is 25.5. The van der Waals surface area contributed by atoms with Crippen LogP contribution < -0.4 is 10.1 Å². The third-order valence-corrected chi connectivity index (χ3v) is 5.05. The van der Waals surface area contributed by atoms with Crippen molar-refractivity contribution < 1.29 is 29.2 Å². The number of benzene rings is 1. The molecule has 2 heterocycles. The van der Waals surface area contributed by atoms with E-state index in [1.807, 2.05) is 0 Å². The quantitative estimate of drug-likeness (QED) is 0.577. The number of carboxylic acid groups (broad SMARTS) is 1. The fourth-order valence-electron chi connectivity index (χ4n) is 3.50. The number of aromatic carboxylic acids is 1. The van der Waals surface area contributed by atoms with Crippen LogP contribution in [0.25, 0.3) is 0 Å². The van der Waals surface area contributed by atoms with Crippen molar-refractivity contribution in [2.45, 2.75) is 44.1 Å². The van der Waals surface area contributed by atoms with E-state index in [0.717, 1.165) is 19.4 Å². The molecule has 144 valence electrons. The first-order valence-corrected chi connectivity index (χ1v) is 9.19. The van der Waals surface area contributed by atoms with Gasteiger partial charge in [-0.15, -0.1) is 0 Å². The Labute approximate surface area is 157 Å². The van der Waals surface area contributed by atoms with Gasteiger partial charge in [-0.3, -0.25) is 0 Å². The second-order valence-electron chi connectivity index (χ2n) is 6.99. The molecule has 1 unspecified atom stereocenters. The molecule has 0 spiro atoms. The van der Waals surface area contributed by atoms with Gasteiger partial charge < -0.3 is 5.32 Å². The van der Waals surface area contributed by atoms with Gasteiger partial charge in [0.15, 0.2) is 0 Å². The van der Waals surface area contributed by atoms with E-state index in [1.165, 1.54) is 6.07 Å². The van der Waals surface area contributed by atoms with Gasteiger partial charge in [0.05, 0.1) is 0 Å². The van der Waals surface area contributed by atoms with Crippen LogP contribution in [0.2, 0.25) is 6.32 Å². The van der Waals surface area contributed by atoms with Crippen LogP contribution in [0.4, 0.5) is 0 Å². The molecule has 0 aromatic heterocycles. The summed E-state index contributed by atoms with van der Waals surface area (Å²) in [6.07, 6.45) is 2.73. The number of rotatable bonds is 8. The molecular weight excluding hydrogens is 351 g/mol. The van der Waals surface area contributed by atoms with Crippen molar-refractivity contribution in [2.75, 3.05) is 19.6 Å². The predicted octanol–water partition coefficient (Wildman–Crippen LogP) is 0.833. The second kappa shape index (κ2) is 8.52. The number of hydrogen-bond donors (Lipinski definition) is 3. The van der Waals surface area contributed by atoms with Crippen molar-refractivity contribution >= 4 is 19.0 Å². The van der Waals surface area contributed by atoms with E-state index < -0.39 is 5.97 Å². The first kappa shape index (κ1) is 19.3. The van der Waals surface area contributed by atoms with E-state index in [-0.39, 0.29) is 47.9 Å². The molecule has 1 amide bonds. The molecule has 3 rings (SSSR count). The van der Waals surface area contributed by atoms with Gasteiger partial charge in [0.1, 0.15) is 0 Å². The van der Waals surface area contributed by atoms with Crippen LogP contribution in [-0.2, 0) is 15.9 Å². The number of amides is 1. The van der Waals surface area contributed by atoms with Gasteiger partial charge >= 0.3 is 126 Å². The molecule has 9 heteroatoms. The molecule has 27 heavy (non-hydrogen) atoms. The Morgan fingerprint density at radius 2 is 2.11 bits per heavy atom. The SMILES string of the molecule is O=BCCc1ccc(OC2CN(C(=O)CC3CCCN3)C2)c(C(=O)O)c1O. The standard InChI is InChI=1S/C18H23BN2O6/c22-15(8-12-2-1-7-20-12)21-9-13(10-21)27-14-4-3-11(5-6-19-26)17(23)16(14)18(24)25/h3-4,12-13,20,23H,1-2,5-10H2,(H,24,25). The Balaban J connectivity index is 1.59. The van der Waals surface area contributed by atoms with Crippen LogP contribution in [0.3, 0.4) is 0 Å². The summed E-state index contributed by atoms with van der Waals surface area (Å²) in [7, 11) is 0.714. The van der Waals surface area contributed by atoms with Crippen molar-refractivity contribution in [1.82, 2.24) is 10.2 Å². The van der Waals surface area contributed by atoms with Gasteiger partial charge in [-0.05, 0) is 19.4 Å². The van der Waals surface area contributed by atoms with Gasteiger partial charge in [0.2, 0.25) is 0 Å². The molecule has 2 fully saturated rings. The Morgan fingerprint density at radius 3 is 2.74 bits per heavy atom. The number of hydrogen-bond acceptors (Lipinski definition) is 6. The van der Waals surface area contributed by atoms with Crippen molar-refractivity contribution in [2.24, 2.45) is 0 Å². The second-order valence-corrected chi connectivity index (χ2v) is 6.99. The minimum absolute atomic E-state index is 0.0692. The summed E-state index contributed by atoms with van der Waals surface area (Å²) in [5.41, 5.74) is 0.0830. The van der Waals surface area contributed by atoms with E-state index in [9.17, 15) is 24.5 Å². The van der Waals surface area contributed by atoms with E-state index in [1.54, 1.807) is 11.0 Å². The van der Waals surface area contributed by atoms with Gasteiger partial charge in [-0.1, -0.05) is 0 Å². The number of ether oxygens (including phenoxy) is 1. The van der Waals surface area contributed by atoms with Crippen LogP contribution in [0, 0.1) is 0 Å². The van der Waals surface area contributed by atoms with E-state index in [2.05, 4.69) is 5.32 Å². The summed E-state index contributed by atoms with van der Waals surface area (Å²) in [5, 5.41) is 22.9. The number of carboxylic acids is 1. The Hall–Kier alpha value is -2.42. The monoisotopic (exact) mass is 374 g/mol. The maximum atomic E-state index is 12.2. The third-order valence-electron chi connectivity index (χ3n) is 5.05. The predicted molar refractivity (Wildman–Crippen MR) is 96.7 cm³/mol. The molecule has 0 saturated carbocycles. The molecule has 0 bridgehead atoms. The maximum absolute atomic E-state index is 12.2. The molecule has 1 aromatic rings. The number of carbonyl (C=O) groups is 2. The summed E-state index contributed by atoms with van der Waals surface area (Å²) < 4.78 is 16.2. The van der Waals surface area contributed by atoms with Crippen LogP contribution >= 0.6 is 0 Å². The molecule has 2 aliphatic heterocycles. The van der Waals surface area contributed by atoms with Crippen molar-refractivity contribution in [3.8, 4) is 11.5 Å². The van der Waals surface area contributed by atoms with Crippen LogP contribution in [0.15, 0.2) is 12.1 Å². The number of nitrogens with zero attached hydrogens (tertiary/aromatic N) is 1. The van der Waals surface area contributed by atoms with Gasteiger partial charge in [-0.2, -0.15) is 0 Å². The molecule has 0 radical (unpaired) electrons. The van der Waals surface area contributed by atoms with Crippen molar-refractivity contribution in [1.29, 1.82) is 0 Å². The first-order valence-electron chi connectivity index (χ1n) is 9.19. The Bertz CT molecular complexity index is 729. The van der Waals surface area contributed by atoms with E-state index in [0.29, 0.717) is 32.2 Å². The summed E-state index contributed by atoms with van der Waals surface area (Å²) >= 11 is 0. The number of aromatic hydroxyl groups is 1. The molecule has 0 aliphatic carbocycles. The molecular formula is C18H23BN2O6. The third kappa shape index (κ3) is 4.47. The minimum atomic E-state index is -1.30. The summed E-state index contributed by atoms with van der Waals surface area (Å²) in [6, 6.07) is 3.30. The number of likely N-dealkylation sites (tertiary alicyclic amines) is 1. The number of carbonyl (C=O) groups excluding carboxylic acids is 1. The first-order chi connectivity index (χ1) is 13.0. The zero-order valence-electron chi connectivity index (χ0n) is 15.0. The summed E-state index contributed by atoms with van der Waals surface area (Å²) in [5.74, 6) is -1.53. The Morgan fingerprint density at radius 1 is 1.33 bits per heavy atom. The normalized spacial score (nSPS) is 19.4. The number of phenols is 1. The number of aryl methyl sites for hydroxylation is 1. The molecule has 1 atom stereocenters. The Kier molecular flexibility index (Phi) is 6.10. The average Bonchev–Trinajstić information content (AvgIpc) is 3.09. The molecule has 1 aromatic carbocycles. The van der Waals surface area contributed by atoms with Gasteiger partial charge in [0, 0.05) is 6.04 Å². The van der Waals surface area contributed by atoms with Crippen molar-refractivity contribution in [3.63, 3.8) is 0 Å². The van der Waals surface area contributed by atoms with Crippen molar-refractivity contribution in [3.05, 3.63) is 23.3 Å². The zero-order chi connectivity index (χ0) is 19.4. The van der Waals surface area contributed by atoms with E-state index >= 15 is 0 Å². The van der Waals surface area contributed by atoms with Crippen LogP contribution in [0.1, 0.15) is 35.2 Å². The zero-order valence-corrected chi connectivity index (χ0v) is 15.0. The van der Waals surface area contributed by atoms with Gasteiger partial charge in [-0.25, -0.2) is 0 Å². The van der Waals surface area contributed by atoms with E-state index in [4.69, 9.17) is 4.74 Å². The molecule has 2 saturated heterocycles. The molecule has 8 nitrogen and oxygen atoms in total. The fraction of sp³-hybridized carbons (Fsp3) is 0.556. The average molecular weight is 374 g/mol. The fourth-order valence-corrected chi connectivity index (χ4v) is 3.50. The summed E-state index contributed by atoms with van der Waals surface area (Å²) in [6.45, 7) is 1.75. The topological polar surface area (TPSA) is 116 Å². The molecule has 3 N–H and O–H groups in total. The number of nitrogens with one attached hydrogen (secondary N) is 1. The van der Waals surface area contributed by atoms with Crippen LogP contribution in [-0.4, -0.2) is 65.9 Å². The molecule has 2 aliphatic rings.